The number of amides is 1. The van der Waals surface area contributed by atoms with Crippen molar-refractivity contribution >= 4 is 17.5 Å². The SMILES string of the molecule is CCCc1cc(C(=O)Nc2cc(C)on2)cc(NC)n1. The summed E-state index contributed by atoms with van der Waals surface area (Å²) >= 11 is 0. The molecule has 20 heavy (non-hydrogen) atoms. The van der Waals surface area contributed by atoms with E-state index in [0.717, 1.165) is 18.5 Å². The van der Waals surface area contributed by atoms with Gasteiger partial charge in [-0.1, -0.05) is 18.5 Å². The van der Waals surface area contributed by atoms with E-state index in [2.05, 4.69) is 27.7 Å². The Balaban J connectivity index is 2.21. The number of carbonyl (C=O) groups is 1. The number of carbonyl (C=O) groups excluding carboxylic acids is 1. The van der Waals surface area contributed by atoms with Gasteiger partial charge < -0.3 is 15.2 Å². The standard InChI is InChI=1S/C14H18N4O2/c1-4-5-11-7-10(8-12(15-3)16-11)14(19)17-13-6-9(2)20-18-13/h6-8H,4-5H2,1-3H3,(H,15,16)(H,17,18,19). The lowest BCUT2D eigenvalue weighted by Gasteiger charge is -2.07. The Labute approximate surface area is 117 Å². The third kappa shape index (κ3) is 3.34. The first kappa shape index (κ1) is 14.0. The Bertz CT molecular complexity index is 607. The Morgan fingerprint density at radius 2 is 2.10 bits per heavy atom. The number of nitrogens with zero attached hydrogens (tertiary/aromatic N) is 2. The minimum absolute atomic E-state index is 0.227. The number of pyridine rings is 1. The van der Waals surface area contributed by atoms with E-state index >= 15 is 0 Å². The van der Waals surface area contributed by atoms with Gasteiger partial charge >= 0.3 is 0 Å². The highest BCUT2D eigenvalue weighted by molar-refractivity contribution is 6.04. The lowest BCUT2D eigenvalue weighted by molar-refractivity contribution is 0.102. The van der Waals surface area contributed by atoms with Crippen LogP contribution in [0, 0.1) is 6.92 Å². The van der Waals surface area contributed by atoms with E-state index in [1.807, 2.05) is 0 Å². The maximum Gasteiger partial charge on any atom is 0.257 e. The summed E-state index contributed by atoms with van der Waals surface area (Å²) in [6.45, 7) is 3.85. The highest BCUT2D eigenvalue weighted by Crippen LogP contribution is 2.14. The molecule has 0 aromatic carbocycles. The van der Waals surface area contributed by atoms with Crippen molar-refractivity contribution in [1.82, 2.24) is 10.1 Å². The zero-order valence-electron chi connectivity index (χ0n) is 11.9. The molecule has 6 nitrogen and oxygen atoms in total. The zero-order valence-corrected chi connectivity index (χ0v) is 11.9. The molecule has 2 heterocycles. The summed E-state index contributed by atoms with van der Waals surface area (Å²) in [4.78, 5) is 16.6. The summed E-state index contributed by atoms with van der Waals surface area (Å²) in [6.07, 6.45) is 1.81. The smallest absolute Gasteiger partial charge is 0.257 e. The normalized spacial score (nSPS) is 10.3. The molecule has 0 radical (unpaired) electrons. The van der Waals surface area contributed by atoms with Crippen LogP contribution in [0.25, 0.3) is 0 Å². The van der Waals surface area contributed by atoms with Crippen LogP contribution in [-0.4, -0.2) is 23.1 Å². The van der Waals surface area contributed by atoms with E-state index in [9.17, 15) is 4.79 Å². The minimum atomic E-state index is -0.227. The number of anilines is 2. The van der Waals surface area contributed by atoms with Crippen molar-refractivity contribution in [2.75, 3.05) is 17.7 Å². The molecule has 2 aromatic rings. The fraction of sp³-hybridized carbons (Fsp3) is 0.357. The Kier molecular flexibility index (Phi) is 4.34. The molecule has 0 aliphatic heterocycles. The molecule has 6 heteroatoms. The highest BCUT2D eigenvalue weighted by Gasteiger charge is 2.11. The lowest BCUT2D eigenvalue weighted by Crippen LogP contribution is -2.13. The average Bonchev–Trinajstić information content (AvgIpc) is 2.84. The van der Waals surface area contributed by atoms with Gasteiger partial charge in [-0.05, 0) is 25.5 Å². The zero-order chi connectivity index (χ0) is 14.5. The van der Waals surface area contributed by atoms with Gasteiger partial charge in [0.05, 0.1) is 0 Å². The molecule has 0 atom stereocenters. The van der Waals surface area contributed by atoms with Gasteiger partial charge in [-0.3, -0.25) is 4.79 Å². The van der Waals surface area contributed by atoms with Gasteiger partial charge in [-0.25, -0.2) is 4.98 Å². The van der Waals surface area contributed by atoms with Gasteiger partial charge in [0.1, 0.15) is 11.6 Å². The van der Waals surface area contributed by atoms with Crippen molar-refractivity contribution in [3.05, 3.63) is 35.2 Å². The van der Waals surface area contributed by atoms with Crippen molar-refractivity contribution in [2.24, 2.45) is 0 Å². The molecule has 0 bridgehead atoms. The molecule has 1 amide bonds. The molecular formula is C14H18N4O2. The summed E-state index contributed by atoms with van der Waals surface area (Å²) < 4.78 is 4.92. The van der Waals surface area contributed by atoms with Gasteiger partial charge in [-0.15, -0.1) is 0 Å². The van der Waals surface area contributed by atoms with Gasteiger partial charge in [-0.2, -0.15) is 0 Å². The second kappa shape index (κ2) is 6.18. The summed E-state index contributed by atoms with van der Waals surface area (Å²) in [5.41, 5.74) is 1.44. The summed E-state index contributed by atoms with van der Waals surface area (Å²) in [5.74, 6) is 1.51. The van der Waals surface area contributed by atoms with Crippen LogP contribution in [0.15, 0.2) is 22.7 Å². The molecule has 0 spiro atoms. The van der Waals surface area contributed by atoms with Crippen LogP contribution < -0.4 is 10.6 Å². The van der Waals surface area contributed by atoms with E-state index < -0.39 is 0 Å². The second-order valence-corrected chi connectivity index (χ2v) is 4.51. The maximum absolute atomic E-state index is 12.2. The molecule has 0 saturated carbocycles. The lowest BCUT2D eigenvalue weighted by atomic mass is 10.1. The quantitative estimate of drug-likeness (QED) is 0.876. The minimum Gasteiger partial charge on any atom is -0.373 e. The number of rotatable bonds is 5. The van der Waals surface area contributed by atoms with Crippen LogP contribution in [0.5, 0.6) is 0 Å². The first-order valence-electron chi connectivity index (χ1n) is 6.55. The summed E-state index contributed by atoms with van der Waals surface area (Å²) in [6, 6.07) is 5.18. The maximum atomic E-state index is 12.2. The number of nitrogens with one attached hydrogen (secondary N) is 2. The molecule has 106 valence electrons. The predicted molar refractivity (Wildman–Crippen MR) is 77.0 cm³/mol. The van der Waals surface area contributed by atoms with Crippen LogP contribution in [0.3, 0.4) is 0 Å². The number of aryl methyl sites for hydroxylation is 2. The van der Waals surface area contributed by atoms with Gasteiger partial charge in [0.2, 0.25) is 0 Å². The average molecular weight is 274 g/mol. The van der Waals surface area contributed by atoms with Crippen LogP contribution in [-0.2, 0) is 6.42 Å². The van der Waals surface area contributed by atoms with E-state index in [0.29, 0.717) is 23.0 Å². The van der Waals surface area contributed by atoms with Crippen LogP contribution in [0.2, 0.25) is 0 Å². The van der Waals surface area contributed by atoms with Crippen molar-refractivity contribution < 1.29 is 9.32 Å². The van der Waals surface area contributed by atoms with Crippen molar-refractivity contribution in [2.45, 2.75) is 26.7 Å². The Morgan fingerprint density at radius 3 is 2.70 bits per heavy atom. The molecule has 0 fully saturated rings. The fourth-order valence-electron chi connectivity index (χ4n) is 1.84. The number of hydrogen-bond donors (Lipinski definition) is 2. The van der Waals surface area contributed by atoms with Crippen molar-refractivity contribution in [3.63, 3.8) is 0 Å². The largest absolute Gasteiger partial charge is 0.373 e. The van der Waals surface area contributed by atoms with E-state index in [1.54, 1.807) is 32.2 Å². The predicted octanol–water partition coefficient (Wildman–Crippen LogP) is 2.62. The molecule has 0 aliphatic carbocycles. The molecule has 0 saturated heterocycles. The first-order valence-corrected chi connectivity index (χ1v) is 6.55. The van der Waals surface area contributed by atoms with E-state index in [4.69, 9.17) is 4.52 Å². The summed E-state index contributed by atoms with van der Waals surface area (Å²) in [5, 5.41) is 9.41. The van der Waals surface area contributed by atoms with Gasteiger partial charge in [0, 0.05) is 24.4 Å². The molecule has 2 aromatic heterocycles. The van der Waals surface area contributed by atoms with Gasteiger partial charge in [0.15, 0.2) is 5.82 Å². The van der Waals surface area contributed by atoms with E-state index in [1.165, 1.54) is 0 Å². The Morgan fingerprint density at radius 1 is 1.30 bits per heavy atom. The van der Waals surface area contributed by atoms with Gasteiger partial charge in [0.25, 0.3) is 5.91 Å². The topological polar surface area (TPSA) is 80.0 Å². The molecule has 0 unspecified atom stereocenters. The molecule has 0 aliphatic rings. The third-order valence-electron chi connectivity index (χ3n) is 2.77. The monoisotopic (exact) mass is 274 g/mol. The van der Waals surface area contributed by atoms with E-state index in [-0.39, 0.29) is 5.91 Å². The second-order valence-electron chi connectivity index (χ2n) is 4.51. The fourth-order valence-corrected chi connectivity index (χ4v) is 1.84. The third-order valence-corrected chi connectivity index (χ3v) is 2.77. The highest BCUT2D eigenvalue weighted by atomic mass is 16.5. The van der Waals surface area contributed by atoms with Crippen LogP contribution in [0.1, 0.15) is 35.2 Å². The van der Waals surface area contributed by atoms with Crippen LogP contribution in [0.4, 0.5) is 11.6 Å². The first-order chi connectivity index (χ1) is 9.62. The molecule has 2 rings (SSSR count). The van der Waals surface area contributed by atoms with Crippen LogP contribution >= 0.6 is 0 Å². The molecular weight excluding hydrogens is 256 g/mol. The number of aromatic nitrogens is 2. The Hall–Kier alpha value is -2.37. The number of hydrogen-bond acceptors (Lipinski definition) is 5. The molecule has 2 N–H and O–H groups in total. The van der Waals surface area contributed by atoms with Crippen molar-refractivity contribution in [1.29, 1.82) is 0 Å². The van der Waals surface area contributed by atoms with Crippen molar-refractivity contribution in [3.8, 4) is 0 Å². The summed E-state index contributed by atoms with van der Waals surface area (Å²) in [7, 11) is 1.78.